The Morgan fingerprint density at radius 1 is 1.56 bits per heavy atom. The third kappa shape index (κ3) is 2.27. The van der Waals surface area contributed by atoms with Gasteiger partial charge in [0.1, 0.15) is 16.6 Å². The Morgan fingerprint density at radius 3 is 3.06 bits per heavy atom. The van der Waals surface area contributed by atoms with Crippen molar-refractivity contribution in [1.29, 1.82) is 0 Å². The summed E-state index contributed by atoms with van der Waals surface area (Å²) in [5.41, 5.74) is 2.56. The van der Waals surface area contributed by atoms with E-state index in [2.05, 4.69) is 43.1 Å². The number of nitrogens with two attached hydrogens (primary N) is 1. The van der Waals surface area contributed by atoms with Gasteiger partial charge in [-0.2, -0.15) is 0 Å². The fourth-order valence-corrected chi connectivity index (χ4v) is 2.63. The van der Waals surface area contributed by atoms with Crippen LogP contribution in [0, 0.1) is 5.92 Å². The van der Waals surface area contributed by atoms with Crippen molar-refractivity contribution >= 4 is 27.6 Å². The van der Waals surface area contributed by atoms with Gasteiger partial charge in [0.2, 0.25) is 0 Å². The maximum Gasteiger partial charge on any atom is 0.159 e. The highest BCUT2D eigenvalue weighted by Crippen LogP contribution is 2.31. The third-order valence-electron chi connectivity index (χ3n) is 2.86. The van der Waals surface area contributed by atoms with Gasteiger partial charge in [0, 0.05) is 13.1 Å². The first-order valence-corrected chi connectivity index (χ1v) is 6.23. The molecule has 1 aliphatic rings. The summed E-state index contributed by atoms with van der Waals surface area (Å²) in [6.45, 7) is 4.35. The Bertz CT molecular complexity index is 370. The molecule has 1 fully saturated rings. The molecular formula is C10H16BrN5. The number of hydrogen-bond donors (Lipinski definition) is 2. The number of anilines is 2. The molecule has 88 valence electrons. The molecule has 3 N–H and O–H groups in total. The molecule has 0 radical (unpaired) electrons. The van der Waals surface area contributed by atoms with Crippen LogP contribution in [0.3, 0.4) is 0 Å². The molecule has 0 aliphatic carbocycles. The quantitative estimate of drug-likeness (QED) is 0.640. The van der Waals surface area contributed by atoms with Gasteiger partial charge in [0.05, 0.1) is 0 Å². The smallest absolute Gasteiger partial charge is 0.159 e. The zero-order valence-corrected chi connectivity index (χ0v) is 10.9. The minimum Gasteiger partial charge on any atom is -0.355 e. The highest BCUT2D eigenvalue weighted by molar-refractivity contribution is 9.10. The molecule has 1 saturated heterocycles. The van der Waals surface area contributed by atoms with Gasteiger partial charge in [-0.1, -0.05) is 6.92 Å². The Balaban J connectivity index is 2.25. The van der Waals surface area contributed by atoms with E-state index in [-0.39, 0.29) is 0 Å². The van der Waals surface area contributed by atoms with Crippen LogP contribution in [0.4, 0.5) is 11.6 Å². The first kappa shape index (κ1) is 11.6. The molecule has 5 nitrogen and oxygen atoms in total. The minimum atomic E-state index is 0.628. The van der Waals surface area contributed by atoms with E-state index in [1.165, 1.54) is 19.2 Å². The van der Waals surface area contributed by atoms with Crippen LogP contribution in [-0.2, 0) is 0 Å². The van der Waals surface area contributed by atoms with Crippen molar-refractivity contribution in [3.8, 4) is 0 Å². The molecule has 1 aliphatic heterocycles. The van der Waals surface area contributed by atoms with Gasteiger partial charge in [-0.05, 0) is 34.7 Å². The molecule has 1 aromatic heterocycles. The van der Waals surface area contributed by atoms with Crippen molar-refractivity contribution in [1.82, 2.24) is 9.97 Å². The summed E-state index contributed by atoms with van der Waals surface area (Å²) in [5.74, 6) is 7.65. The second-order valence-electron chi connectivity index (χ2n) is 4.20. The third-order valence-corrected chi connectivity index (χ3v) is 3.59. The lowest BCUT2D eigenvalue weighted by molar-refractivity contribution is 0.444. The molecule has 0 saturated carbocycles. The number of rotatable bonds is 2. The first-order valence-electron chi connectivity index (χ1n) is 5.44. The van der Waals surface area contributed by atoms with Crippen molar-refractivity contribution < 1.29 is 0 Å². The van der Waals surface area contributed by atoms with E-state index >= 15 is 0 Å². The molecule has 16 heavy (non-hydrogen) atoms. The summed E-state index contributed by atoms with van der Waals surface area (Å²) in [7, 11) is 0. The van der Waals surface area contributed by atoms with Gasteiger partial charge in [-0.15, -0.1) is 0 Å². The SMILES string of the molecule is CC1CCCN(c2ncnc(NN)c2Br)C1. The van der Waals surface area contributed by atoms with E-state index in [9.17, 15) is 0 Å². The molecule has 1 aromatic rings. The van der Waals surface area contributed by atoms with Gasteiger partial charge in [0.25, 0.3) is 0 Å². The molecule has 0 bridgehead atoms. The first-order chi connectivity index (χ1) is 7.72. The number of hydrogen-bond acceptors (Lipinski definition) is 5. The van der Waals surface area contributed by atoms with Crippen LogP contribution < -0.4 is 16.2 Å². The van der Waals surface area contributed by atoms with Gasteiger partial charge in [-0.3, -0.25) is 0 Å². The summed E-state index contributed by atoms with van der Waals surface area (Å²) in [6.07, 6.45) is 4.04. The number of nitrogens with zero attached hydrogens (tertiary/aromatic N) is 3. The predicted octanol–water partition coefficient (Wildman–Crippen LogP) is 1.76. The molecule has 2 rings (SSSR count). The van der Waals surface area contributed by atoms with Crippen LogP contribution in [0.25, 0.3) is 0 Å². The fourth-order valence-electron chi connectivity index (χ4n) is 2.06. The second kappa shape index (κ2) is 4.97. The lowest BCUT2D eigenvalue weighted by Crippen LogP contribution is -2.35. The average Bonchev–Trinajstić information content (AvgIpc) is 2.29. The topological polar surface area (TPSA) is 67.1 Å². The zero-order chi connectivity index (χ0) is 11.5. The number of aromatic nitrogens is 2. The Morgan fingerprint density at radius 2 is 2.38 bits per heavy atom. The maximum absolute atomic E-state index is 5.39. The van der Waals surface area contributed by atoms with E-state index < -0.39 is 0 Å². The van der Waals surface area contributed by atoms with Crippen molar-refractivity contribution in [2.75, 3.05) is 23.4 Å². The van der Waals surface area contributed by atoms with Crippen LogP contribution in [0.2, 0.25) is 0 Å². The Kier molecular flexibility index (Phi) is 3.60. The van der Waals surface area contributed by atoms with Crippen molar-refractivity contribution in [2.45, 2.75) is 19.8 Å². The number of nitrogen functional groups attached to an aromatic ring is 1. The molecule has 2 heterocycles. The van der Waals surface area contributed by atoms with Crippen LogP contribution >= 0.6 is 15.9 Å². The van der Waals surface area contributed by atoms with Crippen molar-refractivity contribution in [3.63, 3.8) is 0 Å². The van der Waals surface area contributed by atoms with Gasteiger partial charge in [0.15, 0.2) is 5.82 Å². The van der Waals surface area contributed by atoms with E-state index in [1.807, 2.05) is 0 Å². The summed E-state index contributed by atoms with van der Waals surface area (Å²) in [5, 5.41) is 0. The van der Waals surface area contributed by atoms with Gasteiger partial charge in [-0.25, -0.2) is 15.8 Å². The fraction of sp³-hybridized carbons (Fsp3) is 0.600. The largest absolute Gasteiger partial charge is 0.355 e. The monoisotopic (exact) mass is 285 g/mol. The molecule has 6 heteroatoms. The normalized spacial score (nSPS) is 20.9. The lowest BCUT2D eigenvalue weighted by Gasteiger charge is -2.32. The number of halogens is 1. The number of hydrazine groups is 1. The van der Waals surface area contributed by atoms with E-state index in [1.54, 1.807) is 0 Å². The van der Waals surface area contributed by atoms with Crippen LogP contribution in [0.1, 0.15) is 19.8 Å². The van der Waals surface area contributed by atoms with Crippen molar-refractivity contribution in [3.05, 3.63) is 10.8 Å². The summed E-state index contributed by atoms with van der Waals surface area (Å²) in [4.78, 5) is 10.6. The summed E-state index contributed by atoms with van der Waals surface area (Å²) >= 11 is 3.49. The van der Waals surface area contributed by atoms with E-state index in [4.69, 9.17) is 5.84 Å². The Labute approximate surface area is 104 Å². The number of piperidine rings is 1. The van der Waals surface area contributed by atoms with E-state index in [0.29, 0.717) is 11.7 Å². The molecule has 0 spiro atoms. The predicted molar refractivity (Wildman–Crippen MR) is 68.2 cm³/mol. The minimum absolute atomic E-state index is 0.628. The van der Waals surface area contributed by atoms with E-state index in [0.717, 1.165) is 23.4 Å². The Hall–Kier alpha value is -0.880. The standard InChI is InChI=1S/C10H16BrN5/c1-7-3-2-4-16(5-7)10-8(11)9(15-12)13-6-14-10/h6-7H,2-5,12H2,1H3,(H,13,14,15). The molecule has 0 aromatic carbocycles. The molecular weight excluding hydrogens is 270 g/mol. The highest BCUT2D eigenvalue weighted by Gasteiger charge is 2.20. The average molecular weight is 286 g/mol. The lowest BCUT2D eigenvalue weighted by atomic mass is 10.0. The van der Waals surface area contributed by atoms with Crippen molar-refractivity contribution in [2.24, 2.45) is 11.8 Å². The van der Waals surface area contributed by atoms with Gasteiger partial charge >= 0.3 is 0 Å². The summed E-state index contributed by atoms with van der Waals surface area (Å²) in [6, 6.07) is 0. The molecule has 1 atom stereocenters. The highest BCUT2D eigenvalue weighted by atomic mass is 79.9. The maximum atomic E-state index is 5.39. The van der Waals surface area contributed by atoms with Crippen LogP contribution in [0.5, 0.6) is 0 Å². The second-order valence-corrected chi connectivity index (χ2v) is 4.99. The van der Waals surface area contributed by atoms with Crippen LogP contribution in [0.15, 0.2) is 10.8 Å². The van der Waals surface area contributed by atoms with Crippen LogP contribution in [-0.4, -0.2) is 23.1 Å². The molecule has 1 unspecified atom stereocenters. The number of nitrogens with one attached hydrogen (secondary N) is 1. The van der Waals surface area contributed by atoms with Gasteiger partial charge < -0.3 is 10.3 Å². The zero-order valence-electron chi connectivity index (χ0n) is 9.28. The molecule has 0 amide bonds. The summed E-state index contributed by atoms with van der Waals surface area (Å²) < 4.78 is 0.839.